The topological polar surface area (TPSA) is 43.4 Å². The first kappa shape index (κ1) is 13.2. The van der Waals surface area contributed by atoms with E-state index in [2.05, 4.69) is 0 Å². The van der Waals surface area contributed by atoms with Crippen LogP contribution in [0.1, 0.15) is 25.8 Å². The van der Waals surface area contributed by atoms with Gasteiger partial charge in [0.05, 0.1) is 0 Å². The standard InChI is InChI=1S/C14H16O3/c1-11(8-13-6-4-3-5-7-13)10-17-14(16)9-12(2)15/h3-8H,9-10H2,1-2H3. The third-order valence-corrected chi connectivity index (χ3v) is 2.07. The quantitative estimate of drug-likeness (QED) is 0.579. The number of esters is 1. The van der Waals surface area contributed by atoms with Crippen LogP contribution < -0.4 is 0 Å². The lowest BCUT2D eigenvalue weighted by molar-refractivity contribution is -0.144. The lowest BCUT2D eigenvalue weighted by Crippen LogP contribution is -2.10. The van der Waals surface area contributed by atoms with Gasteiger partial charge in [-0.25, -0.2) is 0 Å². The highest BCUT2D eigenvalue weighted by Crippen LogP contribution is 2.06. The molecule has 0 fully saturated rings. The van der Waals surface area contributed by atoms with Crippen molar-refractivity contribution in [3.8, 4) is 0 Å². The smallest absolute Gasteiger partial charge is 0.313 e. The molecule has 0 aromatic heterocycles. The van der Waals surface area contributed by atoms with Crippen LogP contribution in [0.25, 0.3) is 6.08 Å². The van der Waals surface area contributed by atoms with E-state index < -0.39 is 5.97 Å². The van der Waals surface area contributed by atoms with E-state index in [1.165, 1.54) is 6.92 Å². The van der Waals surface area contributed by atoms with Crippen LogP contribution in [-0.4, -0.2) is 18.4 Å². The van der Waals surface area contributed by atoms with Gasteiger partial charge in [-0.2, -0.15) is 0 Å². The molecule has 0 N–H and O–H groups in total. The van der Waals surface area contributed by atoms with Crippen LogP contribution in [0.2, 0.25) is 0 Å². The summed E-state index contributed by atoms with van der Waals surface area (Å²) in [4.78, 5) is 21.8. The third kappa shape index (κ3) is 5.66. The monoisotopic (exact) mass is 232 g/mol. The average Bonchev–Trinajstić information content (AvgIpc) is 2.27. The molecule has 1 aromatic carbocycles. The van der Waals surface area contributed by atoms with Crippen molar-refractivity contribution in [2.24, 2.45) is 0 Å². The number of Topliss-reactive ketones (excluding diaryl/α,β-unsaturated/α-hetero) is 1. The fraction of sp³-hybridized carbons (Fsp3) is 0.286. The maximum absolute atomic E-state index is 11.1. The molecule has 0 amide bonds. The Morgan fingerprint density at radius 2 is 1.82 bits per heavy atom. The van der Waals surface area contributed by atoms with Crippen molar-refractivity contribution in [1.29, 1.82) is 0 Å². The second-order valence-electron chi connectivity index (χ2n) is 3.94. The zero-order valence-electron chi connectivity index (χ0n) is 10.1. The molecule has 0 aliphatic rings. The summed E-state index contributed by atoms with van der Waals surface area (Å²) in [5.41, 5.74) is 2.00. The summed E-state index contributed by atoms with van der Waals surface area (Å²) in [7, 11) is 0. The Balaban J connectivity index is 2.45. The SMILES string of the molecule is CC(=O)CC(=O)OCC(C)=Cc1ccccc1. The Kier molecular flexibility index (Phi) is 5.14. The Hall–Kier alpha value is -1.90. The zero-order valence-corrected chi connectivity index (χ0v) is 10.1. The van der Waals surface area contributed by atoms with Crippen LogP contribution in [0.15, 0.2) is 35.9 Å². The Labute approximate surface area is 101 Å². The van der Waals surface area contributed by atoms with Crippen molar-refractivity contribution >= 4 is 17.8 Å². The summed E-state index contributed by atoms with van der Waals surface area (Å²) in [6.45, 7) is 3.48. The largest absolute Gasteiger partial charge is 0.461 e. The van der Waals surface area contributed by atoms with E-state index in [1.807, 2.05) is 43.3 Å². The normalized spacial score (nSPS) is 11.1. The molecule has 0 spiro atoms. The van der Waals surface area contributed by atoms with E-state index >= 15 is 0 Å². The summed E-state index contributed by atoms with van der Waals surface area (Å²) in [5.74, 6) is -0.655. The molecule has 0 saturated carbocycles. The van der Waals surface area contributed by atoms with Gasteiger partial charge in [0, 0.05) is 0 Å². The van der Waals surface area contributed by atoms with Crippen molar-refractivity contribution in [1.82, 2.24) is 0 Å². The van der Waals surface area contributed by atoms with E-state index in [-0.39, 0.29) is 18.8 Å². The Bertz CT molecular complexity index is 418. The molecule has 0 unspecified atom stereocenters. The summed E-state index contributed by atoms with van der Waals surface area (Å²) in [5, 5.41) is 0. The molecular formula is C14H16O3. The number of hydrogen-bond acceptors (Lipinski definition) is 3. The molecule has 0 radical (unpaired) electrons. The van der Waals surface area contributed by atoms with Crippen LogP contribution >= 0.6 is 0 Å². The predicted octanol–water partition coefficient (Wildman–Crippen LogP) is 2.61. The molecule has 3 nitrogen and oxygen atoms in total. The molecule has 0 aliphatic heterocycles. The van der Waals surface area contributed by atoms with Gasteiger partial charge in [-0.1, -0.05) is 36.4 Å². The highest BCUT2D eigenvalue weighted by Gasteiger charge is 2.05. The first-order chi connectivity index (χ1) is 8.08. The number of hydrogen-bond donors (Lipinski definition) is 0. The lowest BCUT2D eigenvalue weighted by Gasteiger charge is -2.04. The fourth-order valence-corrected chi connectivity index (χ4v) is 1.32. The van der Waals surface area contributed by atoms with E-state index in [4.69, 9.17) is 4.74 Å². The molecule has 17 heavy (non-hydrogen) atoms. The maximum atomic E-state index is 11.1. The second-order valence-corrected chi connectivity index (χ2v) is 3.94. The van der Waals surface area contributed by atoms with Gasteiger partial charge in [0.2, 0.25) is 0 Å². The first-order valence-corrected chi connectivity index (χ1v) is 5.45. The molecule has 0 aliphatic carbocycles. The molecule has 3 heteroatoms. The van der Waals surface area contributed by atoms with E-state index in [1.54, 1.807) is 0 Å². The van der Waals surface area contributed by atoms with Crippen LogP contribution in [-0.2, 0) is 14.3 Å². The number of carbonyl (C=O) groups excluding carboxylic acids is 2. The third-order valence-electron chi connectivity index (χ3n) is 2.07. The summed E-state index contributed by atoms with van der Waals surface area (Å²) in [6.07, 6.45) is 1.79. The first-order valence-electron chi connectivity index (χ1n) is 5.45. The minimum absolute atomic E-state index is 0.154. The number of benzene rings is 1. The van der Waals surface area contributed by atoms with Gasteiger partial charge in [-0.15, -0.1) is 0 Å². The molecule has 1 rings (SSSR count). The Morgan fingerprint density at radius 1 is 1.18 bits per heavy atom. The second kappa shape index (κ2) is 6.63. The van der Waals surface area contributed by atoms with Crippen molar-refractivity contribution in [3.05, 3.63) is 41.5 Å². The van der Waals surface area contributed by atoms with Crippen LogP contribution in [0, 0.1) is 0 Å². The molecular weight excluding hydrogens is 216 g/mol. The molecule has 0 heterocycles. The molecule has 1 aromatic rings. The van der Waals surface area contributed by atoms with Gasteiger partial charge in [0.1, 0.15) is 18.8 Å². The van der Waals surface area contributed by atoms with Crippen LogP contribution in [0.5, 0.6) is 0 Å². The minimum atomic E-state index is -0.474. The van der Waals surface area contributed by atoms with Gasteiger partial charge >= 0.3 is 5.97 Å². The molecule has 0 bridgehead atoms. The summed E-state index contributed by atoms with van der Waals surface area (Å²) < 4.78 is 4.96. The predicted molar refractivity (Wildman–Crippen MR) is 66.4 cm³/mol. The lowest BCUT2D eigenvalue weighted by atomic mass is 10.1. The minimum Gasteiger partial charge on any atom is -0.461 e. The maximum Gasteiger partial charge on any atom is 0.313 e. The van der Waals surface area contributed by atoms with Crippen molar-refractivity contribution in [3.63, 3.8) is 0 Å². The average molecular weight is 232 g/mol. The van der Waals surface area contributed by atoms with Crippen LogP contribution in [0.4, 0.5) is 0 Å². The van der Waals surface area contributed by atoms with Gasteiger partial charge in [0.25, 0.3) is 0 Å². The number of rotatable bonds is 5. The van der Waals surface area contributed by atoms with E-state index in [0.717, 1.165) is 11.1 Å². The number of carbonyl (C=O) groups is 2. The van der Waals surface area contributed by atoms with E-state index in [9.17, 15) is 9.59 Å². The molecule has 90 valence electrons. The zero-order chi connectivity index (χ0) is 12.7. The summed E-state index contributed by atoms with van der Waals surface area (Å²) in [6, 6.07) is 9.78. The number of ether oxygens (including phenoxy) is 1. The van der Waals surface area contributed by atoms with Crippen molar-refractivity contribution in [2.45, 2.75) is 20.3 Å². The Morgan fingerprint density at radius 3 is 2.41 bits per heavy atom. The van der Waals surface area contributed by atoms with Crippen molar-refractivity contribution < 1.29 is 14.3 Å². The highest BCUT2D eigenvalue weighted by molar-refractivity contribution is 5.94. The van der Waals surface area contributed by atoms with E-state index in [0.29, 0.717) is 0 Å². The van der Waals surface area contributed by atoms with Crippen molar-refractivity contribution in [2.75, 3.05) is 6.61 Å². The number of ketones is 1. The van der Waals surface area contributed by atoms with Gasteiger partial charge in [0.15, 0.2) is 0 Å². The van der Waals surface area contributed by atoms with Crippen LogP contribution in [0.3, 0.4) is 0 Å². The summed E-state index contributed by atoms with van der Waals surface area (Å²) >= 11 is 0. The molecule has 0 saturated heterocycles. The fourth-order valence-electron chi connectivity index (χ4n) is 1.32. The highest BCUT2D eigenvalue weighted by atomic mass is 16.5. The van der Waals surface area contributed by atoms with Gasteiger partial charge < -0.3 is 4.74 Å². The molecule has 0 atom stereocenters. The van der Waals surface area contributed by atoms with Gasteiger partial charge in [-0.3, -0.25) is 9.59 Å². The van der Waals surface area contributed by atoms with Gasteiger partial charge in [-0.05, 0) is 25.0 Å².